The van der Waals surface area contributed by atoms with Crippen molar-refractivity contribution in [3.8, 4) is 0 Å². The van der Waals surface area contributed by atoms with Gasteiger partial charge in [0.2, 0.25) is 0 Å². The van der Waals surface area contributed by atoms with Crippen molar-refractivity contribution in [2.75, 3.05) is 0 Å². The van der Waals surface area contributed by atoms with Gasteiger partial charge in [0, 0.05) is 0 Å². The van der Waals surface area contributed by atoms with Gasteiger partial charge in [-0.25, -0.2) is 0 Å². The van der Waals surface area contributed by atoms with E-state index in [0.717, 1.165) is 0 Å². The average molecular weight is 160 g/mol. The van der Waals surface area contributed by atoms with Crippen molar-refractivity contribution in [1.29, 1.82) is 0 Å². The van der Waals surface area contributed by atoms with Gasteiger partial charge in [-0.05, 0) is 0 Å². The maximum Gasteiger partial charge on any atom is 0.421 e. The lowest BCUT2D eigenvalue weighted by Crippen LogP contribution is -2.33. The number of rotatable bonds is 2. The van der Waals surface area contributed by atoms with Gasteiger partial charge in [0.1, 0.15) is 0 Å². The topological polar surface area (TPSA) is 124 Å². The third kappa shape index (κ3) is 7.75. The molecule has 0 aromatic rings. The predicted molar refractivity (Wildman–Crippen MR) is 22.0 cm³/mol. The summed E-state index contributed by atoms with van der Waals surface area (Å²) in [5, 5.41) is 23.1. The summed E-state index contributed by atoms with van der Waals surface area (Å²) in [6, 6.07) is 0. The largest absolute Gasteiger partial charge is 0.421 e. The van der Waals surface area contributed by atoms with Gasteiger partial charge in [-0.2, -0.15) is 12.6 Å². The minimum absolute atomic E-state index is 2.82. The van der Waals surface area contributed by atoms with Gasteiger partial charge in [0.25, 0.3) is 0 Å². The van der Waals surface area contributed by atoms with Crippen LogP contribution in [0.4, 0.5) is 0 Å². The Morgan fingerprint density at radius 1 is 1.22 bits per heavy atom. The molecule has 0 saturated carbocycles. The van der Waals surface area contributed by atoms with Crippen molar-refractivity contribution in [2.24, 2.45) is 0 Å². The van der Waals surface area contributed by atoms with Crippen LogP contribution in [-0.4, -0.2) is 34.4 Å². The second-order valence-corrected chi connectivity index (χ2v) is 2.11. The lowest BCUT2D eigenvalue weighted by atomic mass is 11.2. The van der Waals surface area contributed by atoms with Crippen LogP contribution in [0.25, 0.3) is 0 Å². The first-order valence-electron chi connectivity index (χ1n) is 1.56. The Morgan fingerprint density at radius 2 is 1.56 bits per heavy atom. The third-order valence-corrected chi connectivity index (χ3v) is 0.651. The molecule has 4 N–H and O–H groups in total. The fraction of sp³-hybridized carbons (Fsp3) is 1.00. The monoisotopic (exact) mass is 160 g/mol. The molecule has 0 unspecified atom stereocenters. The third-order valence-electron chi connectivity index (χ3n) is 0.217. The molecular weight excluding hydrogens is 156 g/mol. The Bertz CT molecular complexity index is 170. The standard InChI is InChI=1S/CH4O7S/c2-1(3,4)8-9(5,6)7/h2-4H,(H,5,6,7). The van der Waals surface area contributed by atoms with Gasteiger partial charge in [-0.3, -0.25) is 4.55 Å². The summed E-state index contributed by atoms with van der Waals surface area (Å²) in [4.78, 5) is 0. The van der Waals surface area contributed by atoms with Crippen LogP contribution in [-0.2, 0) is 14.6 Å². The highest BCUT2D eigenvalue weighted by Crippen LogP contribution is 1.99. The zero-order valence-electron chi connectivity index (χ0n) is 3.92. The molecule has 0 bridgehead atoms. The van der Waals surface area contributed by atoms with Crippen molar-refractivity contribution in [1.82, 2.24) is 0 Å². The molecule has 0 aliphatic heterocycles. The van der Waals surface area contributed by atoms with Crippen molar-refractivity contribution in [3.63, 3.8) is 0 Å². The molecule has 0 rings (SSSR count). The summed E-state index contributed by atoms with van der Waals surface area (Å²) in [5.74, 6) is 0. The highest BCUT2D eigenvalue weighted by atomic mass is 32.3. The molecule has 0 amide bonds. The van der Waals surface area contributed by atoms with E-state index in [1.54, 1.807) is 0 Å². The molecular formula is CH4O7S. The van der Waals surface area contributed by atoms with Gasteiger partial charge in [0.15, 0.2) is 0 Å². The molecule has 0 heterocycles. The zero-order chi connectivity index (χ0) is 7.71. The van der Waals surface area contributed by atoms with Crippen molar-refractivity contribution in [3.05, 3.63) is 0 Å². The van der Waals surface area contributed by atoms with E-state index in [0.29, 0.717) is 0 Å². The van der Waals surface area contributed by atoms with E-state index < -0.39 is 16.6 Å². The van der Waals surface area contributed by atoms with E-state index in [9.17, 15) is 8.42 Å². The molecule has 0 aliphatic rings. The first-order valence-corrected chi connectivity index (χ1v) is 2.92. The van der Waals surface area contributed by atoms with Crippen LogP contribution in [0, 0.1) is 0 Å². The fourth-order valence-electron chi connectivity index (χ4n) is 0.141. The van der Waals surface area contributed by atoms with Gasteiger partial charge in [-0.1, -0.05) is 0 Å². The molecule has 0 saturated heterocycles. The van der Waals surface area contributed by atoms with Crippen LogP contribution >= 0.6 is 0 Å². The van der Waals surface area contributed by atoms with Crippen molar-refractivity contribution < 1.29 is 32.5 Å². The molecule has 0 spiro atoms. The minimum Gasteiger partial charge on any atom is -0.318 e. The lowest BCUT2D eigenvalue weighted by Gasteiger charge is -2.09. The second-order valence-electron chi connectivity index (χ2n) is 1.08. The van der Waals surface area contributed by atoms with E-state index in [2.05, 4.69) is 4.18 Å². The zero-order valence-corrected chi connectivity index (χ0v) is 4.74. The summed E-state index contributed by atoms with van der Waals surface area (Å²) in [5.41, 5.74) is 0. The van der Waals surface area contributed by atoms with E-state index in [1.807, 2.05) is 0 Å². The summed E-state index contributed by atoms with van der Waals surface area (Å²) < 4.78 is 29.4. The molecule has 0 radical (unpaired) electrons. The number of hydrogen-bond acceptors (Lipinski definition) is 6. The molecule has 0 aliphatic carbocycles. The average Bonchev–Trinajstić information content (AvgIpc) is 1.14. The molecule has 0 aromatic carbocycles. The van der Waals surface area contributed by atoms with Crippen molar-refractivity contribution >= 4 is 10.4 Å². The predicted octanol–water partition coefficient (Wildman–Crippen LogP) is -2.61. The summed E-state index contributed by atoms with van der Waals surface area (Å²) in [7, 11) is -5.03. The van der Waals surface area contributed by atoms with Crippen molar-refractivity contribution in [2.45, 2.75) is 6.16 Å². The van der Waals surface area contributed by atoms with Crippen LogP contribution in [0.3, 0.4) is 0 Å². The Morgan fingerprint density at radius 3 is 1.56 bits per heavy atom. The van der Waals surface area contributed by atoms with E-state index in [1.165, 1.54) is 0 Å². The van der Waals surface area contributed by atoms with E-state index in [-0.39, 0.29) is 0 Å². The molecule has 0 atom stereocenters. The van der Waals surface area contributed by atoms with Gasteiger partial charge in [-0.15, -0.1) is 0 Å². The van der Waals surface area contributed by atoms with Crippen LogP contribution in [0.1, 0.15) is 0 Å². The maximum absolute atomic E-state index is 9.50. The Labute approximate surface area is 50.1 Å². The smallest absolute Gasteiger partial charge is 0.318 e. The van der Waals surface area contributed by atoms with Crippen LogP contribution in [0.5, 0.6) is 0 Å². The van der Waals surface area contributed by atoms with Gasteiger partial charge in [0.05, 0.1) is 0 Å². The Hall–Kier alpha value is -0.250. The normalized spacial score (nSPS) is 13.8. The molecule has 0 fully saturated rings. The Balaban J connectivity index is 4.07. The molecule has 7 nitrogen and oxygen atoms in total. The highest BCUT2D eigenvalue weighted by Gasteiger charge is 2.27. The van der Waals surface area contributed by atoms with E-state index in [4.69, 9.17) is 19.9 Å². The van der Waals surface area contributed by atoms with Crippen LogP contribution < -0.4 is 0 Å². The van der Waals surface area contributed by atoms with Gasteiger partial charge >= 0.3 is 16.6 Å². The van der Waals surface area contributed by atoms with Crippen LogP contribution in [0.15, 0.2) is 0 Å². The number of hydrogen-bond donors (Lipinski definition) is 4. The van der Waals surface area contributed by atoms with E-state index >= 15 is 0 Å². The quantitative estimate of drug-likeness (QED) is 0.257. The molecule has 0 aromatic heterocycles. The fourth-order valence-corrected chi connectivity index (χ4v) is 0.424. The Kier molecular flexibility index (Phi) is 2.11. The summed E-state index contributed by atoms with van der Waals surface area (Å²) >= 11 is 0. The summed E-state index contributed by atoms with van der Waals surface area (Å²) in [6.45, 7) is 0. The molecule has 9 heavy (non-hydrogen) atoms. The lowest BCUT2D eigenvalue weighted by molar-refractivity contribution is -0.419. The SMILES string of the molecule is O=S(=O)(O)OC(O)(O)O. The van der Waals surface area contributed by atoms with Gasteiger partial charge < -0.3 is 15.3 Å². The first-order chi connectivity index (χ1) is 3.71. The molecule has 8 heteroatoms. The first kappa shape index (κ1) is 8.75. The highest BCUT2D eigenvalue weighted by molar-refractivity contribution is 7.80. The minimum atomic E-state index is -5.03. The maximum atomic E-state index is 9.50. The second kappa shape index (κ2) is 2.17. The number of aliphatic hydroxyl groups is 3. The van der Waals surface area contributed by atoms with Crippen LogP contribution in [0.2, 0.25) is 0 Å². The summed E-state index contributed by atoms with van der Waals surface area (Å²) in [6.07, 6.45) is -3.85. The molecule has 56 valence electrons.